The van der Waals surface area contributed by atoms with Crippen LogP contribution in [0.4, 0.5) is 0 Å². The van der Waals surface area contributed by atoms with Gasteiger partial charge in [0.05, 0.1) is 0 Å². The van der Waals surface area contributed by atoms with E-state index in [-0.39, 0.29) is 44.3 Å². The Kier molecular flexibility index (Phi) is 178. The molecular formula is C6H12Cl2O4RuS2. The van der Waals surface area contributed by atoms with E-state index in [4.69, 9.17) is 9.30 Å². The topological polar surface area (TPSA) is 73.9 Å². The van der Waals surface area contributed by atoms with Crippen molar-refractivity contribution < 1.29 is 62.0 Å². The zero-order chi connectivity index (χ0) is 11.2. The Morgan fingerprint density at radius 1 is 0.733 bits per heavy atom. The maximum atomic E-state index is 9.56. The summed E-state index contributed by atoms with van der Waals surface area (Å²) in [5, 5.41) is 0. The van der Waals surface area contributed by atoms with E-state index in [1.54, 1.807) is 25.0 Å². The van der Waals surface area contributed by atoms with Gasteiger partial charge in [-0.05, 0) is 0 Å². The summed E-state index contributed by atoms with van der Waals surface area (Å²) in [7, 11) is -1.22. The van der Waals surface area contributed by atoms with Crippen molar-refractivity contribution in [2.24, 2.45) is 0 Å². The van der Waals surface area contributed by atoms with Crippen LogP contribution in [0.2, 0.25) is 0 Å². The number of halogens is 2. The van der Waals surface area contributed by atoms with Crippen LogP contribution in [0.15, 0.2) is 0 Å². The fraction of sp³-hybridized carbons (Fsp3) is 0.667. The third-order valence-electron chi connectivity index (χ3n) is 0. The molecule has 0 aliphatic heterocycles. The molecule has 0 aliphatic rings. The number of rotatable bonds is 0. The summed E-state index contributed by atoms with van der Waals surface area (Å²) >= 11 is 0. The van der Waals surface area contributed by atoms with Gasteiger partial charge in [-0.15, -0.1) is 0 Å². The van der Waals surface area contributed by atoms with E-state index in [1.165, 1.54) is 0 Å². The summed E-state index contributed by atoms with van der Waals surface area (Å²) in [6.45, 7) is 9.00. The first-order valence-electron chi connectivity index (χ1n) is 2.37. The second-order valence-corrected chi connectivity index (χ2v) is 4.45. The van der Waals surface area contributed by atoms with Crippen LogP contribution >= 0.6 is 0 Å². The van der Waals surface area contributed by atoms with Crippen molar-refractivity contribution in [3.8, 4) is 0 Å². The maximum absolute atomic E-state index is 9.56. The molecule has 0 heterocycles. The standard InChI is InChI=1S/2C2H6OS.2CO.2ClH.Ru/c2*1-4(2)3;2*1-2;;;/h2*1-2H3;;;2*1H;/q;;;;;;+2/p-2. The fourth-order valence-electron chi connectivity index (χ4n) is 0. The molecule has 0 fully saturated rings. The van der Waals surface area contributed by atoms with E-state index in [0.29, 0.717) is 0 Å². The van der Waals surface area contributed by atoms with E-state index in [9.17, 15) is 8.42 Å². The summed E-state index contributed by atoms with van der Waals surface area (Å²) < 4.78 is 34.1. The van der Waals surface area contributed by atoms with E-state index >= 15 is 0 Å². The minimum atomic E-state index is -0.611. The molecule has 0 amide bonds. The van der Waals surface area contributed by atoms with Gasteiger partial charge >= 0.3 is 42.1 Å². The summed E-state index contributed by atoms with van der Waals surface area (Å²) in [5.74, 6) is 0. The van der Waals surface area contributed by atoms with Crippen molar-refractivity contribution in [1.29, 1.82) is 0 Å². The molecule has 0 aromatic carbocycles. The predicted octanol–water partition coefficient (Wildman–Crippen LogP) is -6.08. The molecule has 0 rings (SSSR count). The number of hydrogen-bond donors (Lipinski definition) is 0. The van der Waals surface area contributed by atoms with Crippen LogP contribution in [-0.4, -0.2) is 33.4 Å². The van der Waals surface area contributed by atoms with Gasteiger partial charge in [-0.1, -0.05) is 0 Å². The van der Waals surface area contributed by atoms with Gasteiger partial charge in [0.15, 0.2) is 0 Å². The van der Waals surface area contributed by atoms with Crippen LogP contribution in [0.5, 0.6) is 0 Å². The van der Waals surface area contributed by atoms with E-state index in [1.807, 2.05) is 0 Å². The van der Waals surface area contributed by atoms with Gasteiger partial charge in [0.2, 0.25) is 0 Å². The smallest absolute Gasteiger partial charge is 1.00 e. The zero-order valence-corrected chi connectivity index (χ0v) is 13.4. The van der Waals surface area contributed by atoms with Crippen molar-refractivity contribution in [2.45, 2.75) is 0 Å². The Bertz CT molecular complexity index is 138. The molecule has 0 radical (unpaired) electrons. The van der Waals surface area contributed by atoms with Crippen molar-refractivity contribution in [3.05, 3.63) is 13.3 Å². The fourth-order valence-corrected chi connectivity index (χ4v) is 0. The third kappa shape index (κ3) is 2610. The molecule has 0 saturated heterocycles. The normalized spacial score (nSPS) is 4.93. The molecule has 0 saturated carbocycles. The van der Waals surface area contributed by atoms with Crippen molar-refractivity contribution in [3.63, 3.8) is 0 Å². The molecule has 15 heavy (non-hydrogen) atoms. The maximum Gasteiger partial charge on any atom is 2.00 e. The number of hydrogen-bond acceptors (Lipinski definition) is 2. The van der Waals surface area contributed by atoms with Crippen molar-refractivity contribution >= 4 is 21.6 Å². The van der Waals surface area contributed by atoms with Crippen LogP contribution in [0.3, 0.4) is 0 Å². The van der Waals surface area contributed by atoms with Crippen LogP contribution in [0.25, 0.3) is 0 Å². The van der Waals surface area contributed by atoms with Crippen LogP contribution in [0.1, 0.15) is 0 Å². The quantitative estimate of drug-likeness (QED) is 0.237. The first-order chi connectivity index (χ1) is 5.46. The largest absolute Gasteiger partial charge is 2.00 e. The van der Waals surface area contributed by atoms with Gasteiger partial charge in [0.1, 0.15) is 0 Å². The molecule has 0 aromatic rings. The molecule has 0 bridgehead atoms. The second-order valence-electron chi connectivity index (χ2n) is 1.48. The molecule has 0 unspecified atom stereocenters. The van der Waals surface area contributed by atoms with Gasteiger partial charge in [-0.3, -0.25) is 8.42 Å². The molecule has 94 valence electrons. The molecule has 9 heteroatoms. The third-order valence-corrected chi connectivity index (χ3v) is 0. The first kappa shape index (κ1) is 44.5. The van der Waals surface area contributed by atoms with Crippen LogP contribution in [-0.2, 0) is 50.4 Å². The Morgan fingerprint density at radius 2 is 0.733 bits per heavy atom. The minimum Gasteiger partial charge on any atom is -1.00 e. The van der Waals surface area contributed by atoms with Crippen molar-refractivity contribution in [2.75, 3.05) is 25.0 Å². The summed E-state index contributed by atoms with van der Waals surface area (Å²) in [4.78, 5) is 0. The van der Waals surface area contributed by atoms with Crippen LogP contribution < -0.4 is 24.8 Å². The molecule has 0 aromatic heterocycles. The Labute approximate surface area is 121 Å². The van der Waals surface area contributed by atoms with Gasteiger partial charge < -0.3 is 24.8 Å². The summed E-state index contributed by atoms with van der Waals surface area (Å²) in [6, 6.07) is 0. The van der Waals surface area contributed by atoms with E-state index < -0.39 is 21.6 Å². The van der Waals surface area contributed by atoms with Gasteiger partial charge in [0, 0.05) is 46.6 Å². The second kappa shape index (κ2) is 60.1. The summed E-state index contributed by atoms with van der Waals surface area (Å²) in [5.41, 5.74) is 0. The molecule has 0 atom stereocenters. The molecule has 0 aliphatic carbocycles. The Hall–Kier alpha value is 0.983. The minimum absolute atomic E-state index is 0. The molecule has 4 nitrogen and oxygen atoms in total. The van der Waals surface area contributed by atoms with Crippen LogP contribution in [0, 0.1) is 13.3 Å². The van der Waals surface area contributed by atoms with Gasteiger partial charge in [-0.2, -0.15) is 0 Å². The summed E-state index contributed by atoms with van der Waals surface area (Å²) in [6.07, 6.45) is 6.56. The average Bonchev–Trinajstić information content (AvgIpc) is 1.93. The van der Waals surface area contributed by atoms with E-state index in [2.05, 4.69) is 13.3 Å². The SMILES string of the molecule is CS(C)=O.CS(C)=O.[C-]#[O+].[C-]#[O+].[Cl-].[Cl-].[Ru+2]. The Balaban J connectivity index is -0.0000000112. The van der Waals surface area contributed by atoms with Crippen molar-refractivity contribution in [1.82, 2.24) is 0 Å². The first-order valence-corrected chi connectivity index (χ1v) is 6.31. The van der Waals surface area contributed by atoms with E-state index in [0.717, 1.165) is 0 Å². The Morgan fingerprint density at radius 3 is 0.733 bits per heavy atom. The van der Waals surface area contributed by atoms with Gasteiger partial charge in [-0.25, -0.2) is 0 Å². The molecule has 0 N–H and O–H groups in total. The van der Waals surface area contributed by atoms with Gasteiger partial charge in [0.25, 0.3) is 0 Å². The average molecular weight is 384 g/mol. The molecular weight excluding hydrogens is 372 g/mol. The zero-order valence-electron chi connectivity index (χ0n) is 8.56. The molecule has 0 spiro atoms. The monoisotopic (exact) mass is 384 g/mol. The predicted molar refractivity (Wildman–Crippen MR) is 47.8 cm³/mol.